The molecule has 0 aromatic heterocycles. The Bertz CT molecular complexity index is 456. The van der Waals surface area contributed by atoms with Gasteiger partial charge in [-0.25, -0.2) is 0 Å². The second kappa shape index (κ2) is 12.5. The lowest BCUT2D eigenvalue weighted by molar-refractivity contribution is 0.150. The van der Waals surface area contributed by atoms with E-state index in [1.165, 1.54) is 63.4 Å². The van der Waals surface area contributed by atoms with Crippen molar-refractivity contribution in [2.45, 2.75) is 116 Å². The highest BCUT2D eigenvalue weighted by Crippen LogP contribution is 2.37. The summed E-state index contributed by atoms with van der Waals surface area (Å²) < 4.78 is 0. The Labute approximate surface area is 162 Å². The number of rotatable bonds is 12. The molecule has 148 valence electrons. The van der Waals surface area contributed by atoms with Crippen LogP contribution in [0.25, 0.3) is 0 Å². The SMILES string of the molecule is CCCCCC1CCC(c2ccc(CCCCC(O)CCC)cc2)CC1. The zero-order chi connectivity index (χ0) is 18.6. The Balaban J connectivity index is 1.66. The van der Waals surface area contributed by atoms with Crippen molar-refractivity contribution >= 4 is 0 Å². The maximum atomic E-state index is 9.81. The second-order valence-electron chi connectivity index (χ2n) is 8.64. The molecule has 0 saturated heterocycles. The number of aliphatic hydroxyl groups is 1. The lowest BCUT2D eigenvalue weighted by Gasteiger charge is -2.29. The van der Waals surface area contributed by atoms with E-state index in [2.05, 4.69) is 38.1 Å². The summed E-state index contributed by atoms with van der Waals surface area (Å²) in [4.78, 5) is 0. The van der Waals surface area contributed by atoms with E-state index in [1.807, 2.05) is 0 Å². The largest absolute Gasteiger partial charge is 0.393 e. The monoisotopic (exact) mass is 358 g/mol. The van der Waals surface area contributed by atoms with Gasteiger partial charge in [0.2, 0.25) is 0 Å². The lowest BCUT2D eigenvalue weighted by Crippen LogP contribution is -2.13. The van der Waals surface area contributed by atoms with Crippen LogP contribution < -0.4 is 0 Å². The van der Waals surface area contributed by atoms with Crippen LogP contribution in [0.3, 0.4) is 0 Å². The first-order valence-corrected chi connectivity index (χ1v) is 11.5. The van der Waals surface area contributed by atoms with Crippen LogP contribution in [0.4, 0.5) is 0 Å². The molecule has 1 atom stereocenters. The zero-order valence-electron chi connectivity index (χ0n) is 17.4. The van der Waals surface area contributed by atoms with E-state index in [0.29, 0.717) is 0 Å². The van der Waals surface area contributed by atoms with E-state index in [-0.39, 0.29) is 6.10 Å². The van der Waals surface area contributed by atoms with Gasteiger partial charge in [-0.15, -0.1) is 0 Å². The molecule has 2 rings (SSSR count). The van der Waals surface area contributed by atoms with Crippen molar-refractivity contribution < 1.29 is 5.11 Å². The summed E-state index contributed by atoms with van der Waals surface area (Å²) in [6.07, 6.45) is 17.8. The Morgan fingerprint density at radius 2 is 1.58 bits per heavy atom. The van der Waals surface area contributed by atoms with Crippen molar-refractivity contribution in [1.29, 1.82) is 0 Å². The number of hydrogen-bond acceptors (Lipinski definition) is 1. The number of aryl methyl sites for hydroxylation is 1. The number of unbranched alkanes of at least 4 members (excludes halogenated alkanes) is 3. The average molecular weight is 359 g/mol. The minimum atomic E-state index is -0.0838. The standard InChI is InChI=1S/C25H42O/c1-3-5-6-10-21-13-17-23(18-14-21)24-19-15-22(16-20-24)11-7-8-12-25(26)9-4-2/h15-16,19-21,23,25-26H,3-14,17-18H2,1-2H3. The highest BCUT2D eigenvalue weighted by molar-refractivity contribution is 5.26. The van der Waals surface area contributed by atoms with E-state index in [1.54, 1.807) is 5.56 Å². The fourth-order valence-electron chi connectivity index (χ4n) is 4.61. The van der Waals surface area contributed by atoms with Gasteiger partial charge in [0.25, 0.3) is 0 Å². The molecule has 0 spiro atoms. The maximum absolute atomic E-state index is 9.81. The molecule has 1 N–H and O–H groups in total. The quantitative estimate of drug-likeness (QED) is 0.385. The molecule has 1 aromatic carbocycles. The third-order valence-corrected chi connectivity index (χ3v) is 6.39. The first kappa shape index (κ1) is 21.5. The maximum Gasteiger partial charge on any atom is 0.0540 e. The zero-order valence-corrected chi connectivity index (χ0v) is 17.4. The summed E-state index contributed by atoms with van der Waals surface area (Å²) in [7, 11) is 0. The van der Waals surface area contributed by atoms with Crippen LogP contribution in [0, 0.1) is 5.92 Å². The lowest BCUT2D eigenvalue weighted by atomic mass is 9.77. The summed E-state index contributed by atoms with van der Waals surface area (Å²) in [5.41, 5.74) is 3.03. The van der Waals surface area contributed by atoms with E-state index in [9.17, 15) is 5.11 Å². The second-order valence-corrected chi connectivity index (χ2v) is 8.64. The molecule has 1 heteroatoms. The molecule has 0 bridgehead atoms. The van der Waals surface area contributed by atoms with Crippen molar-refractivity contribution in [1.82, 2.24) is 0 Å². The van der Waals surface area contributed by atoms with Gasteiger partial charge in [-0.3, -0.25) is 0 Å². The van der Waals surface area contributed by atoms with Crippen LogP contribution in [0.15, 0.2) is 24.3 Å². The first-order valence-electron chi connectivity index (χ1n) is 11.5. The van der Waals surface area contributed by atoms with E-state index in [4.69, 9.17) is 0 Å². The summed E-state index contributed by atoms with van der Waals surface area (Å²) in [5, 5.41) is 9.81. The van der Waals surface area contributed by atoms with E-state index in [0.717, 1.165) is 43.9 Å². The van der Waals surface area contributed by atoms with Gasteiger partial charge in [-0.05, 0) is 74.3 Å². The molecule has 1 saturated carbocycles. The molecule has 1 nitrogen and oxygen atoms in total. The minimum absolute atomic E-state index is 0.0838. The van der Waals surface area contributed by atoms with Gasteiger partial charge in [0.05, 0.1) is 6.10 Å². The topological polar surface area (TPSA) is 20.2 Å². The molecule has 1 unspecified atom stereocenters. The molecule has 0 radical (unpaired) electrons. The summed E-state index contributed by atoms with van der Waals surface area (Å²) >= 11 is 0. The van der Waals surface area contributed by atoms with Crippen molar-refractivity contribution in [3.05, 3.63) is 35.4 Å². The normalized spacial score (nSPS) is 21.7. The van der Waals surface area contributed by atoms with E-state index < -0.39 is 0 Å². The van der Waals surface area contributed by atoms with Crippen molar-refractivity contribution in [2.24, 2.45) is 5.92 Å². The molecule has 0 aliphatic heterocycles. The predicted molar refractivity (Wildman–Crippen MR) is 114 cm³/mol. The Morgan fingerprint density at radius 3 is 2.23 bits per heavy atom. The van der Waals surface area contributed by atoms with Crippen molar-refractivity contribution in [3.8, 4) is 0 Å². The third-order valence-electron chi connectivity index (χ3n) is 6.39. The van der Waals surface area contributed by atoms with Gasteiger partial charge in [-0.1, -0.05) is 76.6 Å². The molecular weight excluding hydrogens is 316 g/mol. The predicted octanol–water partition coefficient (Wildman–Crippen LogP) is 7.41. The molecule has 1 aliphatic rings. The van der Waals surface area contributed by atoms with Crippen LogP contribution in [0.5, 0.6) is 0 Å². The molecule has 1 aliphatic carbocycles. The number of hydrogen-bond donors (Lipinski definition) is 1. The number of benzene rings is 1. The molecule has 1 aromatic rings. The summed E-state index contributed by atoms with van der Waals surface area (Å²) in [6, 6.07) is 9.49. The summed E-state index contributed by atoms with van der Waals surface area (Å²) in [5.74, 6) is 1.80. The van der Waals surface area contributed by atoms with Gasteiger partial charge in [-0.2, -0.15) is 0 Å². The Hall–Kier alpha value is -0.820. The van der Waals surface area contributed by atoms with Gasteiger partial charge in [0, 0.05) is 0 Å². The van der Waals surface area contributed by atoms with Crippen LogP contribution in [-0.4, -0.2) is 11.2 Å². The van der Waals surface area contributed by atoms with Crippen LogP contribution in [0.1, 0.15) is 114 Å². The molecule has 26 heavy (non-hydrogen) atoms. The van der Waals surface area contributed by atoms with Crippen LogP contribution >= 0.6 is 0 Å². The molecular formula is C25H42O. The minimum Gasteiger partial charge on any atom is -0.393 e. The third kappa shape index (κ3) is 7.82. The van der Waals surface area contributed by atoms with Crippen molar-refractivity contribution in [2.75, 3.05) is 0 Å². The molecule has 1 fully saturated rings. The van der Waals surface area contributed by atoms with Crippen LogP contribution in [-0.2, 0) is 6.42 Å². The highest BCUT2D eigenvalue weighted by Gasteiger charge is 2.21. The molecule has 0 heterocycles. The van der Waals surface area contributed by atoms with Gasteiger partial charge in [0.1, 0.15) is 0 Å². The highest BCUT2D eigenvalue weighted by atomic mass is 16.3. The van der Waals surface area contributed by atoms with Crippen LogP contribution in [0.2, 0.25) is 0 Å². The van der Waals surface area contributed by atoms with Gasteiger partial charge < -0.3 is 5.11 Å². The number of aliphatic hydroxyl groups excluding tert-OH is 1. The fraction of sp³-hybridized carbons (Fsp3) is 0.760. The average Bonchev–Trinajstić information content (AvgIpc) is 2.67. The Morgan fingerprint density at radius 1 is 0.846 bits per heavy atom. The smallest absolute Gasteiger partial charge is 0.0540 e. The van der Waals surface area contributed by atoms with Crippen molar-refractivity contribution in [3.63, 3.8) is 0 Å². The molecule has 0 amide bonds. The summed E-state index contributed by atoms with van der Waals surface area (Å²) in [6.45, 7) is 4.44. The van der Waals surface area contributed by atoms with Gasteiger partial charge in [0.15, 0.2) is 0 Å². The van der Waals surface area contributed by atoms with E-state index >= 15 is 0 Å². The van der Waals surface area contributed by atoms with Gasteiger partial charge >= 0.3 is 0 Å². The fourth-order valence-corrected chi connectivity index (χ4v) is 4.61. The Kier molecular flexibility index (Phi) is 10.4. The first-order chi connectivity index (χ1) is 12.7.